The molecule has 5 rings (SSSR count). The summed E-state index contributed by atoms with van der Waals surface area (Å²) in [5.41, 5.74) is 4.02. The molecule has 6 heteroatoms. The Morgan fingerprint density at radius 2 is 1.79 bits per heavy atom. The van der Waals surface area contributed by atoms with E-state index >= 15 is 0 Å². The Morgan fingerprint density at radius 3 is 2.50 bits per heavy atom. The van der Waals surface area contributed by atoms with E-state index in [0.29, 0.717) is 34.6 Å². The molecule has 4 aromatic rings. The Bertz CT molecular complexity index is 1500. The molecule has 0 bridgehead atoms. The van der Waals surface area contributed by atoms with Crippen LogP contribution in [0.1, 0.15) is 38.9 Å². The minimum absolute atomic E-state index is 0.0812. The predicted octanol–water partition coefficient (Wildman–Crippen LogP) is 6.49. The van der Waals surface area contributed by atoms with Crippen molar-refractivity contribution < 1.29 is 13.9 Å². The van der Waals surface area contributed by atoms with Crippen LogP contribution in [0.2, 0.25) is 0 Å². The molecule has 3 aromatic carbocycles. The highest BCUT2D eigenvalue weighted by atomic mass is 79.9. The van der Waals surface area contributed by atoms with Crippen LogP contribution in [0, 0.1) is 13.8 Å². The van der Waals surface area contributed by atoms with E-state index in [-0.39, 0.29) is 17.1 Å². The average molecular weight is 516 g/mol. The summed E-state index contributed by atoms with van der Waals surface area (Å²) in [5.74, 6) is 0.416. The zero-order valence-electron chi connectivity index (χ0n) is 18.8. The fourth-order valence-corrected chi connectivity index (χ4v) is 4.72. The molecule has 2 heterocycles. The van der Waals surface area contributed by atoms with Gasteiger partial charge in [-0.05, 0) is 73.0 Å². The average Bonchev–Trinajstić information content (AvgIpc) is 3.12. The fourth-order valence-electron chi connectivity index (χ4n) is 4.34. The molecule has 1 aliphatic rings. The van der Waals surface area contributed by atoms with Crippen LogP contribution in [0.4, 0.5) is 5.69 Å². The quantitative estimate of drug-likeness (QED) is 0.285. The van der Waals surface area contributed by atoms with Crippen molar-refractivity contribution in [2.45, 2.75) is 19.9 Å². The first kappa shape index (κ1) is 22.2. The molecule has 0 saturated heterocycles. The molecule has 1 unspecified atom stereocenters. The van der Waals surface area contributed by atoms with Gasteiger partial charge in [0.2, 0.25) is 5.76 Å². The van der Waals surface area contributed by atoms with Crippen LogP contribution in [0.5, 0.6) is 5.75 Å². The first-order chi connectivity index (χ1) is 16.4. The number of benzene rings is 3. The minimum Gasteiger partial charge on any atom is -0.490 e. The third-order valence-electron chi connectivity index (χ3n) is 6.14. The van der Waals surface area contributed by atoms with Gasteiger partial charge in [-0.25, -0.2) is 0 Å². The second-order valence-corrected chi connectivity index (χ2v) is 9.25. The minimum atomic E-state index is -0.632. The van der Waals surface area contributed by atoms with Crippen molar-refractivity contribution >= 4 is 38.5 Å². The van der Waals surface area contributed by atoms with Crippen molar-refractivity contribution in [3.05, 3.63) is 116 Å². The molecule has 1 aromatic heterocycles. The molecule has 0 N–H and O–H groups in total. The summed E-state index contributed by atoms with van der Waals surface area (Å²) in [5, 5.41) is 0.474. The van der Waals surface area contributed by atoms with Crippen LogP contribution in [0.3, 0.4) is 0 Å². The largest absolute Gasteiger partial charge is 0.490 e. The fraction of sp³-hybridized carbons (Fsp3) is 0.143. The number of nitrogens with zero attached hydrogens (tertiary/aromatic N) is 1. The van der Waals surface area contributed by atoms with Crippen molar-refractivity contribution in [1.29, 1.82) is 0 Å². The monoisotopic (exact) mass is 515 g/mol. The second kappa shape index (κ2) is 8.61. The summed E-state index contributed by atoms with van der Waals surface area (Å²) in [6, 6.07) is 17.9. The van der Waals surface area contributed by atoms with Crippen LogP contribution in [0.15, 0.2) is 87.0 Å². The van der Waals surface area contributed by atoms with Crippen molar-refractivity contribution in [1.82, 2.24) is 0 Å². The summed E-state index contributed by atoms with van der Waals surface area (Å²) < 4.78 is 12.5. The number of aryl methyl sites for hydroxylation is 2. The van der Waals surface area contributed by atoms with E-state index in [1.165, 1.54) is 0 Å². The SMILES string of the molecule is C=CCOc1ccc(C2c3c(oc4cc(C)c(C)cc4c3=O)C(=O)N2c2cccc(Br)c2)cc1. The lowest BCUT2D eigenvalue weighted by atomic mass is 9.97. The van der Waals surface area contributed by atoms with Crippen LogP contribution in [-0.4, -0.2) is 12.5 Å². The Labute approximate surface area is 205 Å². The van der Waals surface area contributed by atoms with Gasteiger partial charge in [-0.2, -0.15) is 0 Å². The summed E-state index contributed by atoms with van der Waals surface area (Å²) in [6.45, 7) is 7.97. The van der Waals surface area contributed by atoms with E-state index in [9.17, 15) is 9.59 Å². The summed E-state index contributed by atoms with van der Waals surface area (Å²) in [7, 11) is 0. The molecule has 34 heavy (non-hydrogen) atoms. The highest BCUT2D eigenvalue weighted by Gasteiger charge is 2.43. The van der Waals surface area contributed by atoms with Crippen molar-refractivity contribution in [2.75, 3.05) is 11.5 Å². The van der Waals surface area contributed by atoms with Crippen LogP contribution >= 0.6 is 15.9 Å². The van der Waals surface area contributed by atoms with Gasteiger partial charge in [0.15, 0.2) is 5.43 Å². The van der Waals surface area contributed by atoms with Gasteiger partial charge in [0, 0.05) is 10.2 Å². The highest BCUT2D eigenvalue weighted by Crippen LogP contribution is 2.42. The summed E-state index contributed by atoms with van der Waals surface area (Å²) >= 11 is 3.49. The number of hydrogen-bond acceptors (Lipinski definition) is 4. The third-order valence-corrected chi connectivity index (χ3v) is 6.63. The Balaban J connectivity index is 1.74. The first-order valence-electron chi connectivity index (χ1n) is 10.9. The Kier molecular flexibility index (Phi) is 5.62. The van der Waals surface area contributed by atoms with Gasteiger partial charge in [0.1, 0.15) is 17.9 Å². The van der Waals surface area contributed by atoms with Crippen LogP contribution in [0.25, 0.3) is 11.0 Å². The molecule has 5 nitrogen and oxygen atoms in total. The van der Waals surface area contributed by atoms with E-state index in [1.54, 1.807) is 11.0 Å². The Hall–Kier alpha value is -3.64. The number of ether oxygens (including phenoxy) is 1. The molecule has 1 amide bonds. The van der Waals surface area contributed by atoms with Gasteiger partial charge in [0.25, 0.3) is 5.91 Å². The van der Waals surface area contributed by atoms with E-state index in [2.05, 4.69) is 22.5 Å². The molecule has 0 radical (unpaired) electrons. The van der Waals surface area contributed by atoms with E-state index in [4.69, 9.17) is 9.15 Å². The topological polar surface area (TPSA) is 59.8 Å². The van der Waals surface area contributed by atoms with Gasteiger partial charge < -0.3 is 9.15 Å². The molecule has 0 spiro atoms. The van der Waals surface area contributed by atoms with Gasteiger partial charge in [0.05, 0.1) is 17.0 Å². The van der Waals surface area contributed by atoms with Gasteiger partial charge in [-0.15, -0.1) is 0 Å². The van der Waals surface area contributed by atoms with Crippen LogP contribution < -0.4 is 15.1 Å². The number of rotatable bonds is 5. The van der Waals surface area contributed by atoms with Crippen molar-refractivity contribution in [3.63, 3.8) is 0 Å². The number of carbonyl (C=O) groups excluding carboxylic acids is 1. The molecule has 0 saturated carbocycles. The molecule has 170 valence electrons. The maximum absolute atomic E-state index is 13.8. The van der Waals surface area contributed by atoms with Gasteiger partial charge in [-0.3, -0.25) is 14.5 Å². The van der Waals surface area contributed by atoms with E-state index in [0.717, 1.165) is 21.2 Å². The zero-order valence-corrected chi connectivity index (χ0v) is 20.4. The lowest BCUT2D eigenvalue weighted by molar-refractivity contribution is 0.0971. The molecule has 1 aliphatic heterocycles. The Morgan fingerprint density at radius 1 is 1.06 bits per heavy atom. The lowest BCUT2D eigenvalue weighted by Gasteiger charge is -2.25. The maximum Gasteiger partial charge on any atom is 0.295 e. The van der Waals surface area contributed by atoms with Gasteiger partial charge in [-0.1, -0.05) is 46.8 Å². The van der Waals surface area contributed by atoms with E-state index < -0.39 is 6.04 Å². The maximum atomic E-state index is 13.8. The van der Waals surface area contributed by atoms with E-state index in [1.807, 2.05) is 74.5 Å². The highest BCUT2D eigenvalue weighted by molar-refractivity contribution is 9.10. The second-order valence-electron chi connectivity index (χ2n) is 8.33. The molecule has 1 atom stereocenters. The number of anilines is 1. The number of fused-ring (bicyclic) bond motifs is 2. The zero-order chi connectivity index (χ0) is 24.0. The molecule has 0 fully saturated rings. The number of hydrogen-bond donors (Lipinski definition) is 0. The molecular formula is C28H22BrNO4. The van der Waals surface area contributed by atoms with Crippen molar-refractivity contribution in [3.8, 4) is 5.75 Å². The van der Waals surface area contributed by atoms with Gasteiger partial charge >= 0.3 is 0 Å². The number of carbonyl (C=O) groups is 1. The molecule has 0 aliphatic carbocycles. The van der Waals surface area contributed by atoms with Crippen LogP contribution in [-0.2, 0) is 0 Å². The smallest absolute Gasteiger partial charge is 0.295 e. The first-order valence-corrected chi connectivity index (χ1v) is 11.7. The number of halogens is 1. The summed E-state index contributed by atoms with van der Waals surface area (Å²) in [4.78, 5) is 29.1. The molecular weight excluding hydrogens is 494 g/mol. The normalized spacial score (nSPS) is 15.0. The van der Waals surface area contributed by atoms with Crippen molar-refractivity contribution in [2.24, 2.45) is 0 Å². The predicted molar refractivity (Wildman–Crippen MR) is 137 cm³/mol. The number of amides is 1. The standard InChI is InChI=1S/C28H22BrNO4/c1-4-12-33-21-10-8-18(9-11-21)25-24-26(31)22-13-16(2)17(3)14-23(22)34-27(24)28(32)30(25)20-7-5-6-19(29)15-20/h4-11,13-15,25H,1,12H2,2-3H3. The third kappa shape index (κ3) is 3.64. The summed E-state index contributed by atoms with van der Waals surface area (Å²) in [6.07, 6.45) is 1.68. The lowest BCUT2D eigenvalue weighted by Crippen LogP contribution is -2.29.